The van der Waals surface area contributed by atoms with Crippen molar-refractivity contribution in [3.05, 3.63) is 0 Å². The number of likely N-dealkylation sites (tertiary alicyclic amines) is 2. The Bertz CT molecular complexity index is 342. The molecule has 0 bridgehead atoms. The van der Waals surface area contributed by atoms with E-state index in [2.05, 4.69) is 65.3 Å². The molecular weight excluding hydrogens is 256 g/mol. The van der Waals surface area contributed by atoms with Gasteiger partial charge in [-0.2, -0.15) is 0 Å². The second-order valence-electron chi connectivity index (χ2n) is 9.35. The van der Waals surface area contributed by atoms with Crippen molar-refractivity contribution >= 4 is 0 Å². The molecule has 2 heteroatoms. The Balaban J connectivity index is 2.25. The van der Waals surface area contributed by atoms with Crippen LogP contribution < -0.4 is 0 Å². The molecule has 0 amide bonds. The van der Waals surface area contributed by atoms with Crippen molar-refractivity contribution in [1.82, 2.24) is 9.80 Å². The van der Waals surface area contributed by atoms with Gasteiger partial charge in [0.15, 0.2) is 0 Å². The van der Waals surface area contributed by atoms with Gasteiger partial charge in [-0.25, -0.2) is 0 Å². The molecule has 0 saturated carbocycles. The topological polar surface area (TPSA) is 6.48 Å². The molecule has 4 atom stereocenters. The molecule has 2 nitrogen and oxygen atoms in total. The minimum absolute atomic E-state index is 0.416. The lowest BCUT2D eigenvalue weighted by Gasteiger charge is -2.40. The van der Waals surface area contributed by atoms with E-state index in [9.17, 15) is 0 Å². The van der Waals surface area contributed by atoms with Crippen LogP contribution in [0.1, 0.15) is 54.9 Å². The van der Waals surface area contributed by atoms with Crippen LogP contribution in [-0.4, -0.2) is 48.6 Å². The van der Waals surface area contributed by atoms with Crippen molar-refractivity contribution in [3.8, 4) is 0 Å². The van der Waals surface area contributed by atoms with Crippen LogP contribution in [0.2, 0.25) is 0 Å². The molecule has 0 aromatic heterocycles. The molecule has 2 aliphatic rings. The van der Waals surface area contributed by atoms with Gasteiger partial charge in [0.1, 0.15) is 0 Å². The average Bonchev–Trinajstić information content (AvgIpc) is 2.90. The standard InChI is InChI=1S/C19H38N2/c1-13(2)15-9-10-20(8)18(15)16-11-21(14(3)4)12-17(16)19(5,6)7/h13-18H,9-12H2,1-8H3. The fourth-order valence-corrected chi connectivity index (χ4v) is 4.92. The molecule has 0 radical (unpaired) electrons. The van der Waals surface area contributed by atoms with Crippen LogP contribution in [-0.2, 0) is 0 Å². The lowest BCUT2D eigenvalue weighted by Crippen LogP contribution is -2.44. The van der Waals surface area contributed by atoms with Crippen LogP contribution in [0.15, 0.2) is 0 Å². The summed E-state index contributed by atoms with van der Waals surface area (Å²) >= 11 is 0. The van der Waals surface area contributed by atoms with Gasteiger partial charge in [0.2, 0.25) is 0 Å². The number of hydrogen-bond acceptors (Lipinski definition) is 2. The van der Waals surface area contributed by atoms with Gasteiger partial charge >= 0.3 is 0 Å². The molecule has 2 rings (SSSR count). The summed E-state index contributed by atoms with van der Waals surface area (Å²) in [7, 11) is 2.37. The number of hydrogen-bond donors (Lipinski definition) is 0. The van der Waals surface area contributed by atoms with Gasteiger partial charge in [-0.1, -0.05) is 34.6 Å². The summed E-state index contributed by atoms with van der Waals surface area (Å²) in [5, 5.41) is 0. The third kappa shape index (κ3) is 3.47. The molecule has 0 aromatic carbocycles. The van der Waals surface area contributed by atoms with E-state index in [0.717, 1.165) is 29.7 Å². The Labute approximate surface area is 133 Å². The third-order valence-corrected chi connectivity index (χ3v) is 6.29. The van der Waals surface area contributed by atoms with Crippen LogP contribution >= 0.6 is 0 Å². The van der Waals surface area contributed by atoms with Gasteiger partial charge in [-0.3, -0.25) is 0 Å². The summed E-state index contributed by atoms with van der Waals surface area (Å²) in [6.45, 7) is 20.8. The first-order chi connectivity index (χ1) is 9.62. The van der Waals surface area contributed by atoms with Gasteiger partial charge in [-0.15, -0.1) is 0 Å². The summed E-state index contributed by atoms with van der Waals surface area (Å²) in [6, 6.07) is 1.47. The van der Waals surface area contributed by atoms with Crippen LogP contribution in [0, 0.1) is 29.1 Å². The van der Waals surface area contributed by atoms with Gasteiger partial charge in [-0.05, 0) is 62.9 Å². The SMILES string of the molecule is CC(C)C1CCN(C)C1C1CN(C(C)C)CC1C(C)(C)C. The zero-order valence-electron chi connectivity index (χ0n) is 15.7. The first-order valence-corrected chi connectivity index (χ1v) is 9.07. The highest BCUT2D eigenvalue weighted by Crippen LogP contribution is 2.46. The Hall–Kier alpha value is -0.0800. The highest BCUT2D eigenvalue weighted by atomic mass is 15.2. The molecule has 21 heavy (non-hydrogen) atoms. The monoisotopic (exact) mass is 294 g/mol. The van der Waals surface area contributed by atoms with Gasteiger partial charge in [0.05, 0.1) is 0 Å². The van der Waals surface area contributed by atoms with Crippen molar-refractivity contribution in [1.29, 1.82) is 0 Å². The van der Waals surface area contributed by atoms with E-state index in [1.165, 1.54) is 26.1 Å². The minimum atomic E-state index is 0.416. The summed E-state index contributed by atoms with van der Waals surface area (Å²) in [4.78, 5) is 5.40. The van der Waals surface area contributed by atoms with Crippen LogP contribution in [0.3, 0.4) is 0 Å². The fourth-order valence-electron chi connectivity index (χ4n) is 4.92. The van der Waals surface area contributed by atoms with E-state index >= 15 is 0 Å². The molecule has 0 spiro atoms. The van der Waals surface area contributed by atoms with Crippen LogP contribution in [0.4, 0.5) is 0 Å². The van der Waals surface area contributed by atoms with Crippen LogP contribution in [0.25, 0.3) is 0 Å². The predicted molar refractivity (Wildman–Crippen MR) is 92.5 cm³/mol. The van der Waals surface area contributed by atoms with Gasteiger partial charge in [0.25, 0.3) is 0 Å². The molecule has 124 valence electrons. The summed E-state index contributed by atoms with van der Waals surface area (Å²) in [5.74, 6) is 3.37. The molecule has 2 aliphatic heterocycles. The van der Waals surface area contributed by atoms with E-state index in [0.29, 0.717) is 11.5 Å². The lowest BCUT2D eigenvalue weighted by molar-refractivity contribution is 0.0961. The normalized spacial score (nSPS) is 36.3. The maximum Gasteiger partial charge on any atom is 0.0167 e. The lowest BCUT2D eigenvalue weighted by atomic mass is 9.69. The number of rotatable bonds is 3. The second-order valence-corrected chi connectivity index (χ2v) is 9.35. The fraction of sp³-hybridized carbons (Fsp3) is 1.00. The smallest absolute Gasteiger partial charge is 0.0167 e. The molecule has 0 N–H and O–H groups in total. The Morgan fingerprint density at radius 2 is 1.62 bits per heavy atom. The zero-order chi connectivity index (χ0) is 15.9. The molecule has 2 heterocycles. The predicted octanol–water partition coefficient (Wildman–Crippen LogP) is 3.97. The molecule has 0 aromatic rings. The number of nitrogens with zero attached hydrogens (tertiary/aromatic N) is 2. The van der Waals surface area contributed by atoms with Crippen molar-refractivity contribution < 1.29 is 0 Å². The highest BCUT2D eigenvalue weighted by molar-refractivity contribution is 5.01. The van der Waals surface area contributed by atoms with Crippen molar-refractivity contribution in [2.75, 3.05) is 26.7 Å². The second kappa shape index (κ2) is 6.20. The molecule has 2 fully saturated rings. The Kier molecular flexibility index (Phi) is 5.10. The third-order valence-electron chi connectivity index (χ3n) is 6.29. The van der Waals surface area contributed by atoms with Gasteiger partial charge < -0.3 is 9.80 Å². The van der Waals surface area contributed by atoms with Crippen LogP contribution in [0.5, 0.6) is 0 Å². The maximum absolute atomic E-state index is 2.73. The minimum Gasteiger partial charge on any atom is -0.303 e. The summed E-state index contributed by atoms with van der Waals surface area (Å²) in [5.41, 5.74) is 0.416. The largest absolute Gasteiger partial charge is 0.303 e. The van der Waals surface area contributed by atoms with E-state index in [-0.39, 0.29) is 0 Å². The summed E-state index contributed by atoms with van der Waals surface area (Å²) in [6.07, 6.45) is 1.40. The molecular formula is C19H38N2. The molecule has 2 saturated heterocycles. The Morgan fingerprint density at radius 3 is 2.10 bits per heavy atom. The molecule has 4 unspecified atom stereocenters. The van der Waals surface area contributed by atoms with Crippen molar-refractivity contribution in [2.24, 2.45) is 29.1 Å². The molecule has 0 aliphatic carbocycles. The van der Waals surface area contributed by atoms with E-state index in [1.807, 2.05) is 0 Å². The van der Waals surface area contributed by atoms with E-state index < -0.39 is 0 Å². The Morgan fingerprint density at radius 1 is 1.00 bits per heavy atom. The zero-order valence-corrected chi connectivity index (χ0v) is 15.7. The van der Waals surface area contributed by atoms with Crippen molar-refractivity contribution in [2.45, 2.75) is 67.0 Å². The highest BCUT2D eigenvalue weighted by Gasteiger charge is 2.49. The first-order valence-electron chi connectivity index (χ1n) is 9.07. The average molecular weight is 295 g/mol. The van der Waals surface area contributed by atoms with E-state index in [1.54, 1.807) is 0 Å². The van der Waals surface area contributed by atoms with E-state index in [4.69, 9.17) is 0 Å². The first kappa shape index (κ1) is 17.3. The quantitative estimate of drug-likeness (QED) is 0.777. The maximum atomic E-state index is 2.73. The summed E-state index contributed by atoms with van der Waals surface area (Å²) < 4.78 is 0. The van der Waals surface area contributed by atoms with Crippen molar-refractivity contribution in [3.63, 3.8) is 0 Å². The van der Waals surface area contributed by atoms with Gasteiger partial charge in [0, 0.05) is 25.2 Å².